The topological polar surface area (TPSA) is 103 Å². The van der Waals surface area contributed by atoms with Crippen molar-refractivity contribution >= 4 is 35.8 Å². The molecule has 1 aliphatic rings. The van der Waals surface area contributed by atoms with Crippen molar-refractivity contribution in [3.63, 3.8) is 0 Å². The zero-order valence-corrected chi connectivity index (χ0v) is 13.3. The predicted molar refractivity (Wildman–Crippen MR) is 81.9 cm³/mol. The van der Waals surface area contributed by atoms with Gasteiger partial charge >= 0.3 is 0 Å². The van der Waals surface area contributed by atoms with Gasteiger partial charge in [-0.3, -0.25) is 9.79 Å². The molecule has 7 heteroatoms. The van der Waals surface area contributed by atoms with Crippen LogP contribution in [0.1, 0.15) is 26.7 Å². The molecule has 0 saturated carbocycles. The van der Waals surface area contributed by atoms with Gasteiger partial charge in [0, 0.05) is 13.2 Å². The third kappa shape index (κ3) is 5.85. The summed E-state index contributed by atoms with van der Waals surface area (Å²) in [6.45, 7) is 5.25. The highest BCUT2D eigenvalue weighted by Crippen LogP contribution is 2.14. The van der Waals surface area contributed by atoms with Crippen molar-refractivity contribution in [3.05, 3.63) is 0 Å². The molecule has 1 fully saturated rings. The maximum Gasteiger partial charge on any atom is 0.224 e. The summed E-state index contributed by atoms with van der Waals surface area (Å²) in [5.74, 6) is -0.0528. The predicted octanol–water partition coefficient (Wildman–Crippen LogP) is 0.199. The zero-order valence-electron chi connectivity index (χ0n) is 10.9. The largest absolute Gasteiger partial charge is 0.376 e. The molecule has 0 spiro atoms. The maximum absolute atomic E-state index is 11.1. The highest BCUT2D eigenvalue weighted by Gasteiger charge is 2.24. The Morgan fingerprint density at radius 1 is 1.50 bits per heavy atom. The minimum Gasteiger partial charge on any atom is -0.376 e. The lowest BCUT2D eigenvalue weighted by atomic mass is 9.93. The number of hydrogen-bond acceptors (Lipinski definition) is 3. The molecule has 1 heterocycles. The lowest BCUT2D eigenvalue weighted by Gasteiger charge is -2.18. The normalized spacial score (nSPS) is 20.3. The van der Waals surface area contributed by atoms with Crippen molar-refractivity contribution in [2.75, 3.05) is 19.7 Å². The molecule has 18 heavy (non-hydrogen) atoms. The number of amides is 1. The molecular weight excluding hydrogens is 347 g/mol. The molecule has 106 valence electrons. The lowest BCUT2D eigenvalue weighted by molar-refractivity contribution is -0.125. The minimum absolute atomic E-state index is 0. The van der Waals surface area contributed by atoms with Gasteiger partial charge in [0.05, 0.1) is 18.1 Å². The van der Waals surface area contributed by atoms with Crippen LogP contribution in [0, 0.1) is 5.41 Å². The molecule has 0 aromatic heterocycles. The number of nitrogens with two attached hydrogens (primary N) is 2. The van der Waals surface area contributed by atoms with E-state index in [2.05, 4.69) is 10.3 Å². The summed E-state index contributed by atoms with van der Waals surface area (Å²) in [6, 6.07) is 0. The molecule has 0 radical (unpaired) electrons. The van der Waals surface area contributed by atoms with Crippen molar-refractivity contribution in [2.45, 2.75) is 32.8 Å². The van der Waals surface area contributed by atoms with Gasteiger partial charge in [-0.25, -0.2) is 0 Å². The van der Waals surface area contributed by atoms with E-state index in [0.29, 0.717) is 12.5 Å². The van der Waals surface area contributed by atoms with E-state index in [1.807, 2.05) is 0 Å². The van der Waals surface area contributed by atoms with Crippen molar-refractivity contribution in [3.8, 4) is 0 Å². The van der Waals surface area contributed by atoms with Gasteiger partial charge in [-0.05, 0) is 26.7 Å². The van der Waals surface area contributed by atoms with Crippen molar-refractivity contribution in [1.29, 1.82) is 0 Å². The van der Waals surface area contributed by atoms with E-state index in [1.54, 1.807) is 13.8 Å². The molecular formula is C11H23IN4O2. The molecule has 0 aliphatic carbocycles. The minimum atomic E-state index is -0.670. The van der Waals surface area contributed by atoms with Crippen LogP contribution >= 0.6 is 24.0 Å². The van der Waals surface area contributed by atoms with Gasteiger partial charge in [0.1, 0.15) is 0 Å². The first-order valence-electron chi connectivity index (χ1n) is 5.87. The van der Waals surface area contributed by atoms with E-state index < -0.39 is 5.41 Å². The van der Waals surface area contributed by atoms with E-state index >= 15 is 0 Å². The number of carbonyl (C=O) groups is 1. The molecule has 6 nitrogen and oxygen atoms in total. The SMILES string of the molecule is CC(C)(CN=C(N)NCC1CCCO1)C(N)=O.I. The first kappa shape index (κ1) is 17.4. The second kappa shape index (κ2) is 7.78. The number of rotatable bonds is 5. The van der Waals surface area contributed by atoms with E-state index in [4.69, 9.17) is 16.2 Å². The van der Waals surface area contributed by atoms with Crippen molar-refractivity contribution < 1.29 is 9.53 Å². The first-order chi connectivity index (χ1) is 7.92. The number of primary amides is 1. The average Bonchev–Trinajstić information content (AvgIpc) is 2.76. The highest BCUT2D eigenvalue weighted by molar-refractivity contribution is 14.0. The molecule has 1 rings (SSSR count). The molecule has 1 unspecified atom stereocenters. The van der Waals surface area contributed by atoms with Gasteiger partial charge < -0.3 is 21.5 Å². The van der Waals surface area contributed by atoms with Gasteiger partial charge in [0.15, 0.2) is 5.96 Å². The van der Waals surface area contributed by atoms with Crippen LogP contribution < -0.4 is 16.8 Å². The molecule has 5 N–H and O–H groups in total. The summed E-state index contributed by atoms with van der Waals surface area (Å²) in [7, 11) is 0. The third-order valence-electron chi connectivity index (χ3n) is 2.85. The second-order valence-corrected chi connectivity index (χ2v) is 4.97. The van der Waals surface area contributed by atoms with Crippen LogP contribution in [0.4, 0.5) is 0 Å². The van der Waals surface area contributed by atoms with Crippen LogP contribution in [0.2, 0.25) is 0 Å². The Morgan fingerprint density at radius 3 is 2.67 bits per heavy atom. The first-order valence-corrected chi connectivity index (χ1v) is 5.87. The summed E-state index contributed by atoms with van der Waals surface area (Å²) < 4.78 is 5.44. The van der Waals surface area contributed by atoms with Crippen LogP contribution in [0.5, 0.6) is 0 Å². The fourth-order valence-corrected chi connectivity index (χ4v) is 1.44. The fraction of sp³-hybridized carbons (Fsp3) is 0.818. The quantitative estimate of drug-likeness (QED) is 0.365. The monoisotopic (exact) mass is 370 g/mol. The molecule has 1 aliphatic heterocycles. The molecule has 0 aromatic carbocycles. The van der Waals surface area contributed by atoms with Gasteiger partial charge in [-0.1, -0.05) is 0 Å². The van der Waals surface area contributed by atoms with E-state index in [1.165, 1.54) is 0 Å². The van der Waals surface area contributed by atoms with Gasteiger partial charge in [-0.15, -0.1) is 24.0 Å². The van der Waals surface area contributed by atoms with Crippen LogP contribution in [0.15, 0.2) is 4.99 Å². The summed E-state index contributed by atoms with van der Waals surface area (Å²) in [6.07, 6.45) is 2.36. The Labute approximate surface area is 125 Å². The van der Waals surface area contributed by atoms with Crippen LogP contribution in [-0.4, -0.2) is 37.7 Å². The van der Waals surface area contributed by atoms with E-state index in [0.717, 1.165) is 19.4 Å². The standard InChI is InChI=1S/C11H22N4O2.HI/c1-11(2,9(12)16)7-15-10(13)14-6-8-4-3-5-17-8;/h8H,3-7H2,1-2H3,(H2,12,16)(H3,13,14,15);1H. The Kier molecular flexibility index (Phi) is 7.53. The van der Waals surface area contributed by atoms with Gasteiger partial charge in [-0.2, -0.15) is 0 Å². The number of halogens is 1. The molecule has 1 atom stereocenters. The second-order valence-electron chi connectivity index (χ2n) is 4.97. The van der Waals surface area contributed by atoms with Crippen LogP contribution in [-0.2, 0) is 9.53 Å². The summed E-state index contributed by atoms with van der Waals surface area (Å²) in [5, 5.41) is 2.99. The summed E-state index contributed by atoms with van der Waals surface area (Å²) >= 11 is 0. The number of carbonyl (C=O) groups excluding carboxylic acids is 1. The smallest absolute Gasteiger partial charge is 0.224 e. The van der Waals surface area contributed by atoms with Gasteiger partial charge in [0.25, 0.3) is 0 Å². The highest BCUT2D eigenvalue weighted by atomic mass is 127. The average molecular weight is 370 g/mol. The van der Waals surface area contributed by atoms with E-state index in [-0.39, 0.29) is 42.5 Å². The molecule has 1 saturated heterocycles. The number of nitrogens with zero attached hydrogens (tertiary/aromatic N) is 1. The number of guanidine groups is 1. The molecule has 0 aromatic rings. The Balaban J connectivity index is 0.00000289. The third-order valence-corrected chi connectivity index (χ3v) is 2.85. The maximum atomic E-state index is 11.1. The number of hydrogen-bond donors (Lipinski definition) is 3. The number of nitrogens with one attached hydrogen (secondary N) is 1. The number of aliphatic imine (C=N–C) groups is 1. The van der Waals surface area contributed by atoms with Crippen LogP contribution in [0.3, 0.4) is 0 Å². The van der Waals surface area contributed by atoms with Gasteiger partial charge in [0.2, 0.25) is 5.91 Å². The van der Waals surface area contributed by atoms with E-state index in [9.17, 15) is 4.79 Å². The van der Waals surface area contributed by atoms with Crippen molar-refractivity contribution in [1.82, 2.24) is 5.32 Å². The fourth-order valence-electron chi connectivity index (χ4n) is 1.44. The Hall–Kier alpha value is -0.570. The summed E-state index contributed by atoms with van der Waals surface area (Å²) in [5.41, 5.74) is 10.3. The Morgan fingerprint density at radius 2 is 2.17 bits per heavy atom. The zero-order chi connectivity index (χ0) is 12.9. The Bertz CT molecular complexity index is 301. The van der Waals surface area contributed by atoms with Crippen molar-refractivity contribution in [2.24, 2.45) is 21.9 Å². The molecule has 0 bridgehead atoms. The summed E-state index contributed by atoms with van der Waals surface area (Å²) in [4.78, 5) is 15.2. The number of ether oxygens (including phenoxy) is 1. The molecule has 1 amide bonds. The lowest BCUT2D eigenvalue weighted by Crippen LogP contribution is -2.39. The van der Waals surface area contributed by atoms with Crippen LogP contribution in [0.25, 0.3) is 0 Å².